The first kappa shape index (κ1) is 14.7. The zero-order valence-corrected chi connectivity index (χ0v) is 11.8. The molecule has 0 amide bonds. The molecule has 0 bridgehead atoms. The number of phenolic OH excluding ortho intramolecular Hbond substituents is 1. The molecule has 108 valence electrons. The maximum Gasteiger partial charge on any atom is 0.312 e. The summed E-state index contributed by atoms with van der Waals surface area (Å²) in [6.07, 6.45) is 0. The molecule has 7 heteroatoms. The summed E-state index contributed by atoms with van der Waals surface area (Å²) < 4.78 is 0. The van der Waals surface area contributed by atoms with Gasteiger partial charge >= 0.3 is 5.69 Å². The number of rotatable bonds is 4. The van der Waals surface area contributed by atoms with E-state index >= 15 is 0 Å². The molecule has 0 saturated heterocycles. The molecule has 0 aromatic heterocycles. The van der Waals surface area contributed by atoms with Crippen LogP contribution in [0.1, 0.15) is 5.56 Å². The van der Waals surface area contributed by atoms with Crippen molar-refractivity contribution in [2.75, 3.05) is 5.32 Å². The van der Waals surface area contributed by atoms with E-state index in [0.717, 1.165) is 5.56 Å². The average molecular weight is 303 g/mol. The Hall–Kier alpha value is -2.67. The van der Waals surface area contributed by atoms with Crippen LogP contribution in [0, 0.1) is 10.1 Å². The highest BCUT2D eigenvalue weighted by Crippen LogP contribution is 2.28. The van der Waals surface area contributed by atoms with Gasteiger partial charge in [-0.25, -0.2) is 0 Å². The van der Waals surface area contributed by atoms with Gasteiger partial charge in [-0.1, -0.05) is 30.3 Å². The van der Waals surface area contributed by atoms with Gasteiger partial charge < -0.3 is 15.7 Å². The predicted octanol–water partition coefficient (Wildman–Crippen LogP) is 2.79. The maximum absolute atomic E-state index is 10.7. The second-order valence-corrected chi connectivity index (χ2v) is 4.66. The Bertz CT molecular complexity index is 662. The van der Waals surface area contributed by atoms with Gasteiger partial charge in [0.2, 0.25) is 0 Å². The average Bonchev–Trinajstić information content (AvgIpc) is 2.48. The lowest BCUT2D eigenvalue weighted by molar-refractivity contribution is -0.385. The second kappa shape index (κ2) is 6.67. The highest BCUT2D eigenvalue weighted by molar-refractivity contribution is 7.80. The fraction of sp³-hybridized carbons (Fsp3) is 0.0714. The third-order valence-electron chi connectivity index (χ3n) is 2.73. The number of hydrogen-bond donors (Lipinski definition) is 3. The van der Waals surface area contributed by atoms with Gasteiger partial charge in [0.05, 0.1) is 4.92 Å². The van der Waals surface area contributed by atoms with Crippen LogP contribution in [0.25, 0.3) is 0 Å². The Labute approximate surface area is 126 Å². The van der Waals surface area contributed by atoms with Crippen LogP contribution in [0.4, 0.5) is 11.4 Å². The van der Waals surface area contributed by atoms with Crippen LogP contribution >= 0.6 is 12.2 Å². The van der Waals surface area contributed by atoms with E-state index < -0.39 is 4.92 Å². The van der Waals surface area contributed by atoms with E-state index in [1.165, 1.54) is 18.2 Å². The first-order valence-electron chi connectivity index (χ1n) is 6.12. The summed E-state index contributed by atoms with van der Waals surface area (Å²) in [6, 6.07) is 13.7. The molecule has 0 spiro atoms. The van der Waals surface area contributed by atoms with Gasteiger partial charge in [0.25, 0.3) is 0 Å². The van der Waals surface area contributed by atoms with Crippen LogP contribution in [0.3, 0.4) is 0 Å². The van der Waals surface area contributed by atoms with Gasteiger partial charge in [0, 0.05) is 18.3 Å². The molecule has 0 heterocycles. The van der Waals surface area contributed by atoms with Crippen LogP contribution in [-0.2, 0) is 6.54 Å². The molecule has 0 fully saturated rings. The van der Waals surface area contributed by atoms with E-state index in [-0.39, 0.29) is 11.4 Å². The molecule has 0 aliphatic carbocycles. The number of nitrogens with one attached hydrogen (secondary N) is 2. The fourth-order valence-electron chi connectivity index (χ4n) is 1.70. The summed E-state index contributed by atoms with van der Waals surface area (Å²) in [5.41, 5.74) is 1.13. The summed E-state index contributed by atoms with van der Waals surface area (Å²) in [7, 11) is 0. The highest BCUT2D eigenvalue weighted by Gasteiger charge is 2.13. The number of nitro groups is 1. The molecule has 0 unspecified atom stereocenters. The minimum Gasteiger partial charge on any atom is -0.502 e. The van der Waals surface area contributed by atoms with Gasteiger partial charge in [0.15, 0.2) is 10.9 Å². The van der Waals surface area contributed by atoms with Gasteiger partial charge in [-0.05, 0) is 29.9 Å². The zero-order valence-electron chi connectivity index (χ0n) is 10.9. The molecule has 0 saturated carbocycles. The van der Waals surface area contributed by atoms with Crippen molar-refractivity contribution in [2.24, 2.45) is 0 Å². The van der Waals surface area contributed by atoms with Crippen molar-refractivity contribution in [1.82, 2.24) is 5.32 Å². The molecule has 6 nitrogen and oxygen atoms in total. The number of benzene rings is 2. The van der Waals surface area contributed by atoms with Crippen LogP contribution in [0.5, 0.6) is 5.75 Å². The summed E-state index contributed by atoms with van der Waals surface area (Å²) >= 11 is 5.12. The number of thiocarbonyl (C=S) groups is 1. The van der Waals surface area contributed by atoms with E-state index in [9.17, 15) is 15.2 Å². The third-order valence-corrected chi connectivity index (χ3v) is 2.97. The lowest BCUT2D eigenvalue weighted by atomic mass is 10.2. The Morgan fingerprint density at radius 1 is 1.24 bits per heavy atom. The molecule has 0 radical (unpaired) electrons. The van der Waals surface area contributed by atoms with E-state index in [0.29, 0.717) is 17.3 Å². The molecule has 0 atom stereocenters. The largest absolute Gasteiger partial charge is 0.502 e. The maximum atomic E-state index is 10.7. The van der Waals surface area contributed by atoms with Crippen molar-refractivity contribution in [2.45, 2.75) is 6.54 Å². The Morgan fingerprint density at radius 3 is 2.62 bits per heavy atom. The number of nitrogens with zero attached hydrogens (tertiary/aromatic N) is 1. The van der Waals surface area contributed by atoms with Crippen LogP contribution < -0.4 is 10.6 Å². The topological polar surface area (TPSA) is 87.4 Å². The van der Waals surface area contributed by atoms with Crippen LogP contribution in [0.15, 0.2) is 48.5 Å². The quantitative estimate of drug-likeness (QED) is 0.348. The smallest absolute Gasteiger partial charge is 0.312 e. The van der Waals surface area contributed by atoms with E-state index in [1.807, 2.05) is 30.3 Å². The third kappa shape index (κ3) is 4.15. The van der Waals surface area contributed by atoms with E-state index in [4.69, 9.17) is 12.2 Å². The molecule has 0 aliphatic heterocycles. The minimum atomic E-state index is -0.652. The molecule has 0 aliphatic rings. The van der Waals surface area contributed by atoms with Crippen molar-refractivity contribution in [3.63, 3.8) is 0 Å². The highest BCUT2D eigenvalue weighted by atomic mass is 32.1. The van der Waals surface area contributed by atoms with E-state index in [2.05, 4.69) is 10.6 Å². The molecule has 2 rings (SSSR count). The number of hydrogen-bond acceptors (Lipinski definition) is 4. The van der Waals surface area contributed by atoms with Crippen LogP contribution in [0.2, 0.25) is 0 Å². The normalized spacial score (nSPS) is 9.90. The number of nitro benzene ring substituents is 1. The standard InChI is InChI=1S/C14H13N3O3S/c18-13-7-6-11(8-12(13)17(19)20)16-14(21)15-9-10-4-2-1-3-5-10/h1-8,18H,9H2,(H2,15,16,21). The number of phenols is 1. The molecule has 2 aromatic rings. The summed E-state index contributed by atoms with van der Waals surface area (Å²) in [6.45, 7) is 0.548. The van der Waals surface area contributed by atoms with Crippen molar-refractivity contribution in [1.29, 1.82) is 0 Å². The monoisotopic (exact) mass is 303 g/mol. The number of anilines is 1. The fourth-order valence-corrected chi connectivity index (χ4v) is 1.89. The minimum absolute atomic E-state index is 0.346. The van der Waals surface area contributed by atoms with Gasteiger partial charge in [0.1, 0.15) is 0 Å². The van der Waals surface area contributed by atoms with Gasteiger partial charge in [-0.15, -0.1) is 0 Å². The van der Waals surface area contributed by atoms with Crippen LogP contribution in [-0.4, -0.2) is 15.1 Å². The first-order valence-corrected chi connectivity index (χ1v) is 6.53. The van der Waals surface area contributed by atoms with Crippen molar-refractivity contribution < 1.29 is 10.0 Å². The molecular weight excluding hydrogens is 290 g/mol. The second-order valence-electron chi connectivity index (χ2n) is 4.25. The van der Waals surface area contributed by atoms with E-state index in [1.54, 1.807) is 0 Å². The summed E-state index contributed by atoms with van der Waals surface area (Å²) in [5, 5.41) is 26.3. The van der Waals surface area contributed by atoms with Crippen molar-refractivity contribution >= 4 is 28.7 Å². The molecule has 21 heavy (non-hydrogen) atoms. The molecule has 3 N–H and O–H groups in total. The number of aromatic hydroxyl groups is 1. The Kier molecular flexibility index (Phi) is 4.68. The van der Waals surface area contributed by atoms with Gasteiger partial charge in [-0.3, -0.25) is 10.1 Å². The predicted molar refractivity (Wildman–Crippen MR) is 84.3 cm³/mol. The van der Waals surface area contributed by atoms with Crippen molar-refractivity contribution in [3.8, 4) is 5.75 Å². The SMILES string of the molecule is O=[N+]([O-])c1cc(NC(=S)NCc2ccccc2)ccc1O. The van der Waals surface area contributed by atoms with Gasteiger partial charge in [-0.2, -0.15) is 0 Å². The Balaban J connectivity index is 1.97. The van der Waals surface area contributed by atoms with Crippen molar-refractivity contribution in [3.05, 3.63) is 64.2 Å². The Morgan fingerprint density at radius 2 is 1.95 bits per heavy atom. The summed E-state index contributed by atoms with van der Waals surface area (Å²) in [5.74, 6) is -0.381. The first-order chi connectivity index (χ1) is 10.1. The molecular formula is C14H13N3O3S. The summed E-state index contributed by atoms with van der Waals surface area (Å²) in [4.78, 5) is 10.1. The lowest BCUT2D eigenvalue weighted by Gasteiger charge is -2.10. The lowest BCUT2D eigenvalue weighted by Crippen LogP contribution is -2.27. The molecule has 2 aromatic carbocycles. The zero-order chi connectivity index (χ0) is 15.2.